The van der Waals surface area contributed by atoms with Crippen LogP contribution in [-0.4, -0.2) is 21.8 Å². The topological polar surface area (TPSA) is 0 Å². The van der Waals surface area contributed by atoms with Gasteiger partial charge in [-0.3, -0.25) is 0 Å². The molecule has 6 unspecified atom stereocenters. The van der Waals surface area contributed by atoms with Crippen LogP contribution < -0.4 is 0 Å². The van der Waals surface area contributed by atoms with E-state index in [0.29, 0.717) is 10.5 Å². The first kappa shape index (κ1) is 9.65. The molecule has 0 bridgehead atoms. The molecule has 0 amide bonds. The predicted molar refractivity (Wildman–Crippen MR) is 61.8 cm³/mol. The van der Waals surface area contributed by atoms with E-state index in [1.54, 1.807) is 0 Å². The van der Waals surface area contributed by atoms with Gasteiger partial charge in [0.2, 0.25) is 0 Å². The van der Waals surface area contributed by atoms with Gasteiger partial charge in [-0.05, 0) is 24.2 Å². The van der Waals surface area contributed by atoms with Gasteiger partial charge in [-0.15, -0.1) is 18.5 Å². The lowest BCUT2D eigenvalue weighted by atomic mass is 9.98. The number of hydrogen-bond acceptors (Lipinski definition) is 2. The van der Waals surface area contributed by atoms with Gasteiger partial charge in [0.15, 0.2) is 0 Å². The molecule has 4 heteroatoms. The summed E-state index contributed by atoms with van der Waals surface area (Å²) in [5.74, 6) is 0. The Labute approximate surface area is 78.5 Å². The molecule has 0 aromatic rings. The molecule has 0 saturated heterocycles. The van der Waals surface area contributed by atoms with Gasteiger partial charge in [0, 0.05) is 10.5 Å². The summed E-state index contributed by atoms with van der Waals surface area (Å²) in [5, 5.41) is 0.977. The van der Waals surface area contributed by atoms with Crippen LogP contribution in [0.1, 0.15) is 12.8 Å². The molecule has 0 aliphatic heterocycles. The van der Waals surface area contributed by atoms with Crippen molar-refractivity contribution in [3.8, 4) is 0 Å². The molecular weight excluding hydrogens is 198 g/mol. The summed E-state index contributed by atoms with van der Waals surface area (Å²) in [6.45, 7) is 0. The van der Waals surface area contributed by atoms with Crippen molar-refractivity contribution in [2.75, 3.05) is 0 Å². The predicted octanol–water partition coefficient (Wildman–Crippen LogP) is 1.86. The molecule has 1 fully saturated rings. The van der Waals surface area contributed by atoms with E-state index in [-0.39, 0.29) is 0 Å². The lowest BCUT2D eigenvalue weighted by molar-refractivity contribution is 0.556. The van der Waals surface area contributed by atoms with Gasteiger partial charge in [0.1, 0.15) is 0 Å². The molecule has 0 N–H and O–H groups in total. The fourth-order valence-electron chi connectivity index (χ4n) is 1.22. The molecule has 0 aromatic carbocycles. The smallest absolute Gasteiger partial charge is 0.0140 e. The Bertz CT molecular complexity index is 94.3. The zero-order chi connectivity index (χ0) is 7.72. The largest absolute Gasteiger partial charge is 0.175 e. The standard InChI is InChI=1S/C6H14P2S2/c7-3-1-5(9)6(10)2-4(3)8/h3-6,9-10H,1-2,7-8H2. The molecule has 0 spiro atoms. The van der Waals surface area contributed by atoms with Crippen LogP contribution in [0.15, 0.2) is 0 Å². The zero-order valence-electron chi connectivity index (χ0n) is 5.77. The number of thiol groups is 2. The zero-order valence-corrected chi connectivity index (χ0v) is 9.87. The summed E-state index contributed by atoms with van der Waals surface area (Å²) in [6.07, 6.45) is 2.35. The lowest BCUT2D eigenvalue weighted by Gasteiger charge is -2.33. The van der Waals surface area contributed by atoms with Crippen LogP contribution >= 0.6 is 43.7 Å². The SMILES string of the molecule is PC1CC(S)C(S)CC1P. The van der Waals surface area contributed by atoms with Crippen LogP contribution in [0.5, 0.6) is 0 Å². The Morgan fingerprint density at radius 2 is 1.20 bits per heavy atom. The fourth-order valence-corrected chi connectivity index (χ4v) is 3.31. The van der Waals surface area contributed by atoms with E-state index in [0.717, 1.165) is 11.3 Å². The second-order valence-corrected chi connectivity index (χ2v) is 5.97. The third-order valence-electron chi connectivity index (χ3n) is 2.02. The van der Waals surface area contributed by atoms with Crippen LogP contribution in [0, 0.1) is 0 Å². The average molecular weight is 212 g/mol. The maximum atomic E-state index is 4.46. The first-order valence-electron chi connectivity index (χ1n) is 3.48. The van der Waals surface area contributed by atoms with Crippen LogP contribution in [0.25, 0.3) is 0 Å². The molecule has 60 valence electrons. The van der Waals surface area contributed by atoms with Crippen molar-refractivity contribution < 1.29 is 0 Å². The van der Waals surface area contributed by atoms with Gasteiger partial charge in [-0.25, -0.2) is 0 Å². The highest BCUT2D eigenvalue weighted by Crippen LogP contribution is 2.35. The molecule has 0 nitrogen and oxygen atoms in total. The Morgan fingerprint density at radius 1 is 0.900 bits per heavy atom. The quantitative estimate of drug-likeness (QED) is 0.444. The van der Waals surface area contributed by atoms with Crippen molar-refractivity contribution >= 4 is 43.7 Å². The summed E-state index contributed by atoms with van der Waals surface area (Å²) < 4.78 is 0. The highest BCUT2D eigenvalue weighted by molar-refractivity contribution is 7.85. The summed E-state index contributed by atoms with van der Waals surface area (Å²) in [7, 11) is 5.76. The van der Waals surface area contributed by atoms with Gasteiger partial charge in [-0.2, -0.15) is 25.3 Å². The van der Waals surface area contributed by atoms with E-state index < -0.39 is 0 Å². The van der Waals surface area contributed by atoms with Crippen molar-refractivity contribution in [3.05, 3.63) is 0 Å². The van der Waals surface area contributed by atoms with E-state index in [1.165, 1.54) is 12.8 Å². The first-order chi connectivity index (χ1) is 4.61. The third-order valence-corrected chi connectivity index (χ3v) is 5.38. The number of rotatable bonds is 0. The van der Waals surface area contributed by atoms with Crippen molar-refractivity contribution in [1.29, 1.82) is 0 Å². The van der Waals surface area contributed by atoms with Crippen LogP contribution in [0.3, 0.4) is 0 Å². The molecule has 1 aliphatic rings. The normalized spacial score (nSPS) is 49.2. The highest BCUT2D eigenvalue weighted by atomic mass is 32.1. The molecule has 10 heavy (non-hydrogen) atoms. The monoisotopic (exact) mass is 212 g/mol. The first-order valence-corrected chi connectivity index (χ1v) is 5.85. The van der Waals surface area contributed by atoms with Crippen LogP contribution in [0.2, 0.25) is 0 Å². The molecule has 1 saturated carbocycles. The fraction of sp³-hybridized carbons (Fsp3) is 1.00. The van der Waals surface area contributed by atoms with Crippen LogP contribution in [0.4, 0.5) is 0 Å². The minimum Gasteiger partial charge on any atom is -0.175 e. The summed E-state index contributed by atoms with van der Waals surface area (Å²) in [4.78, 5) is 0. The Morgan fingerprint density at radius 3 is 1.50 bits per heavy atom. The van der Waals surface area contributed by atoms with Crippen molar-refractivity contribution in [2.45, 2.75) is 34.7 Å². The second-order valence-electron chi connectivity index (χ2n) is 2.93. The highest BCUT2D eigenvalue weighted by Gasteiger charge is 2.28. The molecule has 6 atom stereocenters. The van der Waals surface area contributed by atoms with Gasteiger partial charge in [0.25, 0.3) is 0 Å². The van der Waals surface area contributed by atoms with Crippen molar-refractivity contribution in [1.82, 2.24) is 0 Å². The van der Waals surface area contributed by atoms with Crippen molar-refractivity contribution in [2.24, 2.45) is 0 Å². The van der Waals surface area contributed by atoms with Crippen LogP contribution in [-0.2, 0) is 0 Å². The van der Waals surface area contributed by atoms with Gasteiger partial charge < -0.3 is 0 Å². The van der Waals surface area contributed by atoms with E-state index in [4.69, 9.17) is 0 Å². The van der Waals surface area contributed by atoms with Gasteiger partial charge in [0.05, 0.1) is 0 Å². The van der Waals surface area contributed by atoms with E-state index >= 15 is 0 Å². The second kappa shape index (κ2) is 3.99. The minimum atomic E-state index is 0.489. The third kappa shape index (κ3) is 2.27. The molecule has 0 heterocycles. The van der Waals surface area contributed by atoms with E-state index in [1.807, 2.05) is 0 Å². The molecule has 1 rings (SSSR count). The number of hydrogen-bond donors (Lipinski definition) is 2. The maximum Gasteiger partial charge on any atom is 0.0140 e. The molecule has 0 aromatic heterocycles. The maximum absolute atomic E-state index is 4.46. The summed E-state index contributed by atoms with van der Waals surface area (Å²) in [5.41, 5.74) is 1.44. The minimum absolute atomic E-state index is 0.489. The van der Waals surface area contributed by atoms with Gasteiger partial charge >= 0.3 is 0 Å². The van der Waals surface area contributed by atoms with E-state index in [9.17, 15) is 0 Å². The Hall–Kier alpha value is 1.56. The van der Waals surface area contributed by atoms with Crippen molar-refractivity contribution in [3.63, 3.8) is 0 Å². The molecule has 0 radical (unpaired) electrons. The summed E-state index contributed by atoms with van der Waals surface area (Å²) in [6, 6.07) is 0. The molecular formula is C6H14P2S2. The Balaban J connectivity index is 2.46. The molecule has 1 aliphatic carbocycles. The summed E-state index contributed by atoms with van der Waals surface area (Å²) >= 11 is 8.91. The lowest BCUT2D eigenvalue weighted by Crippen LogP contribution is -2.33. The Kier molecular flexibility index (Phi) is 3.85. The van der Waals surface area contributed by atoms with Gasteiger partial charge in [-0.1, -0.05) is 0 Å². The van der Waals surface area contributed by atoms with E-state index in [2.05, 4.69) is 43.7 Å². The average Bonchev–Trinajstić information content (AvgIpc) is 1.84.